The molecule has 0 spiro atoms. The van der Waals surface area contributed by atoms with Crippen LogP contribution in [0.3, 0.4) is 0 Å². The molecule has 2 rings (SSSR count). The molecule has 4 nitrogen and oxygen atoms in total. The van der Waals surface area contributed by atoms with Crippen molar-refractivity contribution in [2.24, 2.45) is 0 Å². The molecule has 0 amide bonds. The minimum absolute atomic E-state index is 0. The zero-order chi connectivity index (χ0) is 14.4. The van der Waals surface area contributed by atoms with Gasteiger partial charge >= 0.3 is 0 Å². The maximum Gasteiger partial charge on any atom is 0.131 e. The predicted molar refractivity (Wildman–Crippen MR) is 83.7 cm³/mol. The van der Waals surface area contributed by atoms with E-state index in [1.807, 2.05) is 0 Å². The number of rotatable bonds is 6. The smallest absolute Gasteiger partial charge is 0.131 e. The van der Waals surface area contributed by atoms with Gasteiger partial charge in [-0.05, 0) is 25.0 Å². The van der Waals surface area contributed by atoms with Crippen LogP contribution in [-0.4, -0.2) is 49.9 Å². The molecule has 1 heterocycles. The Morgan fingerprint density at radius 2 is 2.10 bits per heavy atom. The lowest BCUT2D eigenvalue weighted by atomic mass is 9.98. The van der Waals surface area contributed by atoms with E-state index in [2.05, 4.69) is 10.2 Å². The fourth-order valence-electron chi connectivity index (χ4n) is 2.81. The van der Waals surface area contributed by atoms with Crippen molar-refractivity contribution in [2.45, 2.75) is 18.9 Å². The van der Waals surface area contributed by atoms with Gasteiger partial charge in [0.2, 0.25) is 0 Å². The van der Waals surface area contributed by atoms with Gasteiger partial charge in [0.1, 0.15) is 11.6 Å². The van der Waals surface area contributed by atoms with Crippen LogP contribution in [0.4, 0.5) is 4.39 Å². The van der Waals surface area contributed by atoms with E-state index in [9.17, 15) is 4.39 Å². The number of ether oxygens (including phenoxy) is 1. The number of benzene rings is 1. The van der Waals surface area contributed by atoms with Crippen molar-refractivity contribution in [1.82, 2.24) is 10.2 Å². The number of nitrogens with zero attached hydrogens (tertiary/aromatic N) is 1. The lowest BCUT2D eigenvalue weighted by Crippen LogP contribution is -2.45. The highest BCUT2D eigenvalue weighted by Gasteiger charge is 2.27. The van der Waals surface area contributed by atoms with Crippen LogP contribution in [0.2, 0.25) is 0 Å². The van der Waals surface area contributed by atoms with E-state index in [1.54, 1.807) is 19.2 Å². The molecular formula is C15H24ClFN2O2. The van der Waals surface area contributed by atoms with E-state index in [1.165, 1.54) is 6.07 Å². The van der Waals surface area contributed by atoms with Gasteiger partial charge in [0.25, 0.3) is 0 Å². The lowest BCUT2D eigenvalue weighted by Gasteiger charge is -2.36. The van der Waals surface area contributed by atoms with Crippen molar-refractivity contribution in [2.75, 3.05) is 39.9 Å². The Balaban J connectivity index is 0.00000220. The van der Waals surface area contributed by atoms with E-state index >= 15 is 0 Å². The number of halogens is 2. The molecule has 1 aromatic carbocycles. The van der Waals surface area contributed by atoms with Crippen LogP contribution in [0.5, 0.6) is 5.75 Å². The summed E-state index contributed by atoms with van der Waals surface area (Å²) in [5.41, 5.74) is 0.616. The Bertz CT molecular complexity index is 428. The third-order valence-electron chi connectivity index (χ3n) is 3.79. The van der Waals surface area contributed by atoms with Crippen molar-refractivity contribution in [1.29, 1.82) is 0 Å². The van der Waals surface area contributed by atoms with E-state index < -0.39 is 0 Å². The molecule has 0 saturated carbocycles. The van der Waals surface area contributed by atoms with Crippen LogP contribution >= 0.6 is 12.4 Å². The summed E-state index contributed by atoms with van der Waals surface area (Å²) in [6.45, 7) is 3.71. The normalized spacial score (nSPS) is 17.1. The first-order valence-corrected chi connectivity index (χ1v) is 7.16. The highest BCUT2D eigenvalue weighted by atomic mass is 35.5. The molecule has 2 N–H and O–H groups in total. The van der Waals surface area contributed by atoms with Crippen LogP contribution in [0.15, 0.2) is 18.2 Å². The first-order valence-electron chi connectivity index (χ1n) is 7.16. The maximum atomic E-state index is 14.3. The topological polar surface area (TPSA) is 44.7 Å². The van der Waals surface area contributed by atoms with E-state index in [0.717, 1.165) is 32.6 Å². The Kier molecular flexibility index (Phi) is 7.96. The van der Waals surface area contributed by atoms with Gasteiger partial charge in [-0.2, -0.15) is 0 Å². The molecular weight excluding hydrogens is 295 g/mol. The van der Waals surface area contributed by atoms with E-state index in [4.69, 9.17) is 9.84 Å². The second-order valence-electron chi connectivity index (χ2n) is 5.02. The van der Waals surface area contributed by atoms with E-state index in [0.29, 0.717) is 17.7 Å². The SMILES string of the molecule is COc1cccc(F)c1[C@@H](CCCO)N1CCNCC1.Cl. The Labute approximate surface area is 131 Å². The molecule has 0 radical (unpaired) electrons. The van der Waals surface area contributed by atoms with Gasteiger partial charge in [0.05, 0.1) is 7.11 Å². The number of hydrogen-bond acceptors (Lipinski definition) is 4. The fourth-order valence-corrected chi connectivity index (χ4v) is 2.81. The quantitative estimate of drug-likeness (QED) is 0.842. The summed E-state index contributed by atoms with van der Waals surface area (Å²) in [5.74, 6) is 0.359. The second kappa shape index (κ2) is 9.20. The molecule has 120 valence electrons. The summed E-state index contributed by atoms with van der Waals surface area (Å²) in [4.78, 5) is 2.27. The molecule has 0 aliphatic carbocycles. The van der Waals surface area contributed by atoms with Gasteiger partial charge in [-0.1, -0.05) is 6.07 Å². The number of aliphatic hydroxyl groups is 1. The summed E-state index contributed by atoms with van der Waals surface area (Å²) in [6, 6.07) is 4.90. The van der Waals surface area contributed by atoms with Crippen LogP contribution in [0.25, 0.3) is 0 Å². The standard InChI is InChI=1S/C15H23FN2O2.ClH/c1-20-14-6-2-4-12(16)15(14)13(5-3-11-19)18-9-7-17-8-10-18;/h2,4,6,13,17,19H,3,5,7-11H2,1H3;1H/t13-;/m1./s1. The van der Waals surface area contributed by atoms with Crippen molar-refractivity contribution < 1.29 is 14.2 Å². The van der Waals surface area contributed by atoms with Crippen molar-refractivity contribution >= 4 is 12.4 Å². The summed E-state index contributed by atoms with van der Waals surface area (Å²) in [7, 11) is 1.57. The number of methoxy groups -OCH3 is 1. The molecule has 21 heavy (non-hydrogen) atoms. The molecule has 1 aliphatic rings. The van der Waals surface area contributed by atoms with Gasteiger partial charge in [-0.3, -0.25) is 4.90 Å². The molecule has 0 aromatic heterocycles. The molecule has 6 heteroatoms. The summed E-state index contributed by atoms with van der Waals surface area (Å²) < 4.78 is 19.6. The van der Waals surface area contributed by atoms with Gasteiger partial charge in [0, 0.05) is 44.4 Å². The summed E-state index contributed by atoms with van der Waals surface area (Å²) in [6.07, 6.45) is 1.39. The van der Waals surface area contributed by atoms with Crippen LogP contribution in [0, 0.1) is 5.82 Å². The minimum Gasteiger partial charge on any atom is -0.496 e. The zero-order valence-electron chi connectivity index (χ0n) is 12.3. The molecule has 1 saturated heterocycles. The van der Waals surface area contributed by atoms with Crippen molar-refractivity contribution in [3.8, 4) is 5.75 Å². The average molecular weight is 319 g/mol. The van der Waals surface area contributed by atoms with Gasteiger partial charge in [0.15, 0.2) is 0 Å². The zero-order valence-corrected chi connectivity index (χ0v) is 13.2. The number of hydrogen-bond donors (Lipinski definition) is 2. The number of piperazine rings is 1. The van der Waals surface area contributed by atoms with Crippen molar-refractivity contribution in [3.63, 3.8) is 0 Å². The Morgan fingerprint density at radius 1 is 1.38 bits per heavy atom. The van der Waals surface area contributed by atoms with Gasteiger partial charge < -0.3 is 15.2 Å². The van der Waals surface area contributed by atoms with Crippen LogP contribution < -0.4 is 10.1 Å². The predicted octanol–water partition coefficient (Wildman–Crippen LogP) is 1.97. The fraction of sp³-hybridized carbons (Fsp3) is 0.600. The molecule has 0 bridgehead atoms. The molecule has 0 unspecified atom stereocenters. The lowest BCUT2D eigenvalue weighted by molar-refractivity contribution is 0.149. The maximum absolute atomic E-state index is 14.3. The van der Waals surface area contributed by atoms with Crippen molar-refractivity contribution in [3.05, 3.63) is 29.6 Å². The Morgan fingerprint density at radius 3 is 2.71 bits per heavy atom. The highest BCUT2D eigenvalue weighted by molar-refractivity contribution is 5.85. The van der Waals surface area contributed by atoms with E-state index in [-0.39, 0.29) is 30.9 Å². The van der Waals surface area contributed by atoms with Gasteiger partial charge in [-0.15, -0.1) is 12.4 Å². The summed E-state index contributed by atoms with van der Waals surface area (Å²) >= 11 is 0. The molecule has 1 atom stereocenters. The monoisotopic (exact) mass is 318 g/mol. The third kappa shape index (κ3) is 4.54. The second-order valence-corrected chi connectivity index (χ2v) is 5.02. The Hall–Kier alpha value is -0.880. The minimum atomic E-state index is -0.231. The number of aliphatic hydroxyl groups excluding tert-OH is 1. The first kappa shape index (κ1) is 18.2. The molecule has 1 aliphatic heterocycles. The average Bonchev–Trinajstić information content (AvgIpc) is 2.50. The number of nitrogens with one attached hydrogen (secondary N) is 1. The summed E-state index contributed by atoms with van der Waals surface area (Å²) in [5, 5.41) is 12.4. The van der Waals surface area contributed by atoms with Gasteiger partial charge in [-0.25, -0.2) is 4.39 Å². The van der Waals surface area contributed by atoms with Crippen LogP contribution in [0.1, 0.15) is 24.4 Å². The van der Waals surface area contributed by atoms with Crippen LogP contribution in [-0.2, 0) is 0 Å². The third-order valence-corrected chi connectivity index (χ3v) is 3.79. The largest absolute Gasteiger partial charge is 0.496 e. The molecule has 1 aromatic rings. The molecule has 1 fully saturated rings. The first-order chi connectivity index (χ1) is 9.77. The highest BCUT2D eigenvalue weighted by Crippen LogP contribution is 2.34.